The molecule has 0 aromatic heterocycles. The van der Waals surface area contributed by atoms with Crippen LogP contribution in [-0.2, 0) is 11.3 Å². The minimum atomic E-state index is -0.530. The topological polar surface area (TPSA) is 68.7 Å². The van der Waals surface area contributed by atoms with E-state index in [9.17, 15) is 9.59 Å². The summed E-state index contributed by atoms with van der Waals surface area (Å²) in [7, 11) is 3.37. The fraction of sp³-hybridized carbons (Fsp3) is 0.375. The van der Waals surface area contributed by atoms with Crippen LogP contribution in [0.4, 0.5) is 10.5 Å². The zero-order valence-corrected chi connectivity index (χ0v) is 18.8. The smallest absolute Gasteiger partial charge is 0.328 e. The zero-order valence-electron chi connectivity index (χ0n) is 18.8. The van der Waals surface area contributed by atoms with E-state index in [1.54, 1.807) is 19.1 Å². The van der Waals surface area contributed by atoms with Crippen LogP contribution in [-0.4, -0.2) is 72.1 Å². The quantitative estimate of drug-likeness (QED) is 0.742. The summed E-state index contributed by atoms with van der Waals surface area (Å²) < 4.78 is 5.58. The molecule has 8 nitrogen and oxygen atoms in total. The van der Waals surface area contributed by atoms with Gasteiger partial charge in [0, 0.05) is 20.1 Å². The number of methoxy groups -OCH3 is 1. The first-order valence-corrected chi connectivity index (χ1v) is 10.8. The summed E-state index contributed by atoms with van der Waals surface area (Å²) in [6, 6.07) is 13.1. The zero-order chi connectivity index (χ0) is 22.6. The number of aryl methyl sites for hydroxylation is 2. The monoisotopic (exact) mass is 433 g/mol. The average molecular weight is 434 g/mol. The molecule has 3 amide bonds. The Balaban J connectivity index is 1.46. The molecule has 0 bridgehead atoms. The van der Waals surface area contributed by atoms with Crippen LogP contribution in [0.25, 0.3) is 0 Å². The lowest BCUT2D eigenvalue weighted by Gasteiger charge is -2.40. The Morgan fingerprint density at radius 3 is 2.59 bits per heavy atom. The minimum absolute atomic E-state index is 0.198. The molecule has 2 saturated heterocycles. The molecule has 32 heavy (non-hydrogen) atoms. The van der Waals surface area contributed by atoms with Crippen molar-refractivity contribution in [1.29, 1.82) is 0 Å². The third-order valence-electron chi connectivity index (χ3n) is 6.43. The second kappa shape index (κ2) is 7.55. The Bertz CT molecular complexity index is 1130. The molecular weight excluding hydrogens is 406 g/mol. The number of amides is 3. The van der Waals surface area contributed by atoms with Crippen molar-refractivity contribution in [2.45, 2.75) is 32.6 Å². The number of hydrogen-bond acceptors (Lipinski definition) is 6. The number of nitrogens with zero attached hydrogens (tertiary/aromatic N) is 5. The number of carbonyl (C=O) groups excluding carboxylic acids is 2. The SMILES string of the molecule is COc1ccc(C)cc1N1CCN2C1=NC1C2C(=O)N(Cc2cccc(C)c2)C(=O)N1C. The third-order valence-corrected chi connectivity index (χ3v) is 6.43. The van der Waals surface area contributed by atoms with Crippen LogP contribution in [0.2, 0.25) is 0 Å². The van der Waals surface area contributed by atoms with E-state index in [2.05, 4.69) is 11.0 Å². The van der Waals surface area contributed by atoms with Crippen molar-refractivity contribution in [3.63, 3.8) is 0 Å². The van der Waals surface area contributed by atoms with Gasteiger partial charge in [0.25, 0.3) is 5.91 Å². The van der Waals surface area contributed by atoms with Crippen LogP contribution >= 0.6 is 0 Å². The summed E-state index contributed by atoms with van der Waals surface area (Å²) in [5.41, 5.74) is 4.07. The first kappa shape index (κ1) is 20.4. The lowest BCUT2D eigenvalue weighted by molar-refractivity contribution is -0.137. The molecule has 166 valence electrons. The fourth-order valence-electron chi connectivity index (χ4n) is 4.81. The molecule has 2 aromatic carbocycles. The molecule has 5 rings (SSSR count). The number of anilines is 1. The van der Waals surface area contributed by atoms with Gasteiger partial charge in [-0.05, 0) is 37.1 Å². The molecule has 0 aliphatic carbocycles. The predicted octanol–water partition coefficient (Wildman–Crippen LogP) is 2.59. The minimum Gasteiger partial charge on any atom is -0.495 e. The molecule has 0 N–H and O–H groups in total. The van der Waals surface area contributed by atoms with E-state index in [0.29, 0.717) is 19.0 Å². The maximum Gasteiger partial charge on any atom is 0.328 e. The van der Waals surface area contributed by atoms with Gasteiger partial charge in [0.1, 0.15) is 5.75 Å². The average Bonchev–Trinajstić information content (AvgIpc) is 3.35. The summed E-state index contributed by atoms with van der Waals surface area (Å²) >= 11 is 0. The van der Waals surface area contributed by atoms with Crippen LogP contribution in [0, 0.1) is 13.8 Å². The van der Waals surface area contributed by atoms with Gasteiger partial charge in [-0.25, -0.2) is 9.79 Å². The number of ether oxygens (including phenoxy) is 1. The highest BCUT2D eigenvalue weighted by Gasteiger charge is 2.54. The van der Waals surface area contributed by atoms with Crippen LogP contribution < -0.4 is 9.64 Å². The fourth-order valence-corrected chi connectivity index (χ4v) is 4.81. The van der Waals surface area contributed by atoms with E-state index >= 15 is 0 Å². The van der Waals surface area contributed by atoms with Gasteiger partial charge in [0.2, 0.25) is 5.96 Å². The lowest BCUT2D eigenvalue weighted by Crippen LogP contribution is -2.64. The number of imide groups is 1. The second-order valence-corrected chi connectivity index (χ2v) is 8.61. The van der Waals surface area contributed by atoms with E-state index in [1.807, 2.05) is 55.1 Å². The molecule has 0 spiro atoms. The van der Waals surface area contributed by atoms with E-state index in [0.717, 1.165) is 28.1 Å². The van der Waals surface area contributed by atoms with E-state index in [4.69, 9.17) is 9.73 Å². The molecule has 2 atom stereocenters. The molecule has 3 aliphatic heterocycles. The number of aliphatic imine (C=N–C) groups is 1. The highest BCUT2D eigenvalue weighted by Crippen LogP contribution is 2.37. The number of fused-ring (bicyclic) bond motifs is 3. The lowest BCUT2D eigenvalue weighted by atomic mass is 10.1. The second-order valence-electron chi connectivity index (χ2n) is 8.61. The van der Waals surface area contributed by atoms with Crippen LogP contribution in [0.3, 0.4) is 0 Å². The molecule has 8 heteroatoms. The molecule has 0 radical (unpaired) electrons. The third kappa shape index (κ3) is 3.09. The molecule has 2 unspecified atom stereocenters. The largest absolute Gasteiger partial charge is 0.495 e. The Labute approximate surface area is 187 Å². The van der Waals surface area contributed by atoms with Gasteiger partial charge in [0.15, 0.2) is 12.2 Å². The highest BCUT2D eigenvalue weighted by atomic mass is 16.5. The van der Waals surface area contributed by atoms with Crippen molar-refractivity contribution >= 4 is 23.6 Å². The Morgan fingerprint density at radius 2 is 1.84 bits per heavy atom. The standard InChI is InChI=1S/C24H27N5O3/c1-15-6-5-7-17(12-15)14-29-22(30)20-21(26(3)24(29)31)25-23-27(10-11-28(20)23)18-13-16(2)8-9-19(18)32-4/h5-9,12-13,20-21H,10-11,14H2,1-4H3. The Hall–Kier alpha value is -3.55. The molecule has 0 saturated carbocycles. The predicted molar refractivity (Wildman–Crippen MR) is 122 cm³/mol. The van der Waals surface area contributed by atoms with Gasteiger partial charge >= 0.3 is 6.03 Å². The van der Waals surface area contributed by atoms with Gasteiger partial charge in [-0.1, -0.05) is 35.9 Å². The van der Waals surface area contributed by atoms with Crippen molar-refractivity contribution in [2.75, 3.05) is 32.1 Å². The van der Waals surface area contributed by atoms with Gasteiger partial charge in [0.05, 0.1) is 19.3 Å². The van der Waals surface area contributed by atoms with Gasteiger partial charge in [-0.3, -0.25) is 9.69 Å². The summed E-state index contributed by atoms with van der Waals surface area (Å²) in [6.45, 7) is 5.65. The Kier molecular flexibility index (Phi) is 4.80. The number of urea groups is 1. The number of likely N-dealkylation sites (N-methyl/N-ethyl adjacent to an activating group) is 1. The highest BCUT2D eigenvalue weighted by molar-refractivity contribution is 6.08. The van der Waals surface area contributed by atoms with Crippen molar-refractivity contribution in [1.82, 2.24) is 14.7 Å². The number of benzene rings is 2. The van der Waals surface area contributed by atoms with E-state index in [1.165, 1.54) is 4.90 Å². The maximum atomic E-state index is 13.5. The summed E-state index contributed by atoms with van der Waals surface area (Å²) in [5, 5.41) is 0. The van der Waals surface area contributed by atoms with Gasteiger partial charge in [-0.15, -0.1) is 0 Å². The first-order valence-electron chi connectivity index (χ1n) is 10.8. The number of hydrogen-bond donors (Lipinski definition) is 0. The van der Waals surface area contributed by atoms with Crippen LogP contribution in [0.15, 0.2) is 47.5 Å². The molecular formula is C24H27N5O3. The molecule has 2 aromatic rings. The van der Waals surface area contributed by atoms with E-state index in [-0.39, 0.29) is 18.5 Å². The number of carbonyl (C=O) groups is 2. The first-order chi connectivity index (χ1) is 15.4. The summed E-state index contributed by atoms with van der Waals surface area (Å²) in [5.74, 6) is 1.28. The molecule has 2 fully saturated rings. The van der Waals surface area contributed by atoms with E-state index < -0.39 is 12.2 Å². The molecule has 3 aliphatic rings. The normalized spacial score (nSPS) is 22.3. The van der Waals surface area contributed by atoms with Crippen LogP contribution in [0.1, 0.15) is 16.7 Å². The summed E-state index contributed by atoms with van der Waals surface area (Å²) in [6.07, 6.45) is -0.530. The number of rotatable bonds is 4. The molecule has 3 heterocycles. The Morgan fingerprint density at radius 1 is 1.06 bits per heavy atom. The maximum absolute atomic E-state index is 13.5. The van der Waals surface area contributed by atoms with Crippen LogP contribution in [0.5, 0.6) is 5.75 Å². The van der Waals surface area contributed by atoms with Crippen molar-refractivity contribution < 1.29 is 14.3 Å². The summed E-state index contributed by atoms with van der Waals surface area (Å²) in [4.78, 5) is 38.5. The van der Waals surface area contributed by atoms with Crippen molar-refractivity contribution in [3.05, 3.63) is 59.2 Å². The van der Waals surface area contributed by atoms with Gasteiger partial charge < -0.3 is 19.4 Å². The van der Waals surface area contributed by atoms with Crippen molar-refractivity contribution in [2.24, 2.45) is 4.99 Å². The van der Waals surface area contributed by atoms with Crippen molar-refractivity contribution in [3.8, 4) is 5.75 Å². The number of guanidine groups is 1. The van der Waals surface area contributed by atoms with Gasteiger partial charge in [-0.2, -0.15) is 0 Å².